The number of sulfone groups is 1. The first-order valence-electron chi connectivity index (χ1n) is 5.21. The zero-order chi connectivity index (χ0) is 11.8. The molecule has 0 radical (unpaired) electrons. The molecule has 0 spiro atoms. The summed E-state index contributed by atoms with van der Waals surface area (Å²) in [6.07, 6.45) is 1.18. The van der Waals surface area contributed by atoms with Crippen LogP contribution in [0.15, 0.2) is 0 Å². The third kappa shape index (κ3) is 2.18. The molecule has 2 saturated heterocycles. The lowest BCUT2D eigenvalue weighted by atomic mass is 10.2. The normalized spacial score (nSPS) is 29.5. The summed E-state index contributed by atoms with van der Waals surface area (Å²) < 4.78 is 22.6. The van der Waals surface area contributed by atoms with Crippen LogP contribution >= 0.6 is 0 Å². The van der Waals surface area contributed by atoms with Crippen LogP contribution in [0.4, 0.5) is 0 Å². The summed E-state index contributed by atoms with van der Waals surface area (Å²) >= 11 is 0. The van der Waals surface area contributed by atoms with Crippen molar-refractivity contribution < 1.29 is 18.0 Å². The summed E-state index contributed by atoms with van der Waals surface area (Å²) in [6, 6.07) is -0.189. The molecule has 0 saturated carbocycles. The Morgan fingerprint density at radius 1 is 1.31 bits per heavy atom. The molecule has 2 aliphatic heterocycles. The second-order valence-electron chi connectivity index (χ2n) is 4.22. The van der Waals surface area contributed by atoms with E-state index in [1.165, 1.54) is 4.90 Å². The number of amides is 2. The van der Waals surface area contributed by atoms with Gasteiger partial charge in [-0.15, -0.1) is 0 Å². The maximum Gasteiger partial charge on any atom is 0.242 e. The number of rotatable bonds is 2. The lowest BCUT2D eigenvalue weighted by Gasteiger charge is -2.35. The maximum atomic E-state index is 11.7. The Morgan fingerprint density at radius 2 is 2.06 bits per heavy atom. The molecular weight excluding hydrogens is 232 g/mol. The van der Waals surface area contributed by atoms with Gasteiger partial charge in [0.15, 0.2) is 9.84 Å². The van der Waals surface area contributed by atoms with E-state index < -0.39 is 9.84 Å². The number of hydrogen-bond donors (Lipinski definition) is 0. The number of nitrogens with zero attached hydrogens (tertiary/aromatic N) is 2. The number of hydrogen-bond acceptors (Lipinski definition) is 4. The van der Waals surface area contributed by atoms with Gasteiger partial charge in [-0.25, -0.2) is 8.42 Å². The highest BCUT2D eigenvalue weighted by Gasteiger charge is 2.36. The van der Waals surface area contributed by atoms with Crippen LogP contribution in [0.2, 0.25) is 0 Å². The van der Waals surface area contributed by atoms with Crippen LogP contribution in [0, 0.1) is 0 Å². The average Bonchev–Trinajstić information content (AvgIpc) is 2.58. The first-order chi connectivity index (χ1) is 7.52. The molecule has 0 aromatic heterocycles. The molecule has 2 amide bonds. The van der Waals surface area contributed by atoms with Gasteiger partial charge in [0.1, 0.15) is 0 Å². The Kier molecular flexibility index (Phi) is 2.88. The van der Waals surface area contributed by atoms with E-state index in [1.54, 1.807) is 4.90 Å². The molecule has 2 fully saturated rings. The molecule has 16 heavy (non-hydrogen) atoms. The SMILES string of the molecule is O=CN1CCN([C@@H]2CCS(=O)(=O)C2)C(=O)C1. The Hall–Kier alpha value is -1.11. The van der Waals surface area contributed by atoms with Crippen molar-refractivity contribution in [1.82, 2.24) is 9.80 Å². The van der Waals surface area contributed by atoms with E-state index >= 15 is 0 Å². The molecule has 0 N–H and O–H groups in total. The minimum atomic E-state index is -2.96. The highest BCUT2D eigenvalue weighted by Crippen LogP contribution is 2.19. The quantitative estimate of drug-likeness (QED) is 0.554. The van der Waals surface area contributed by atoms with Crippen molar-refractivity contribution in [1.29, 1.82) is 0 Å². The van der Waals surface area contributed by atoms with Crippen molar-refractivity contribution in [2.24, 2.45) is 0 Å². The largest absolute Gasteiger partial charge is 0.335 e. The third-order valence-electron chi connectivity index (χ3n) is 3.09. The van der Waals surface area contributed by atoms with Gasteiger partial charge in [-0.05, 0) is 6.42 Å². The predicted octanol–water partition coefficient (Wildman–Crippen LogP) is -1.53. The smallest absolute Gasteiger partial charge is 0.242 e. The van der Waals surface area contributed by atoms with E-state index in [0.717, 1.165) is 0 Å². The van der Waals surface area contributed by atoms with Crippen molar-refractivity contribution in [3.8, 4) is 0 Å². The second kappa shape index (κ2) is 4.04. The van der Waals surface area contributed by atoms with Crippen LogP contribution in [-0.4, -0.2) is 67.7 Å². The van der Waals surface area contributed by atoms with Crippen LogP contribution in [0.1, 0.15) is 6.42 Å². The summed E-state index contributed by atoms with van der Waals surface area (Å²) in [5, 5.41) is 0. The standard InChI is InChI=1S/C9H14N2O4S/c12-7-10-2-3-11(9(13)5-10)8-1-4-16(14,15)6-8/h7-8H,1-6H2/t8-/m1/s1. The fourth-order valence-corrected chi connectivity index (χ4v) is 3.93. The minimum Gasteiger partial charge on any atom is -0.335 e. The van der Waals surface area contributed by atoms with Gasteiger partial charge >= 0.3 is 0 Å². The number of carbonyl (C=O) groups excluding carboxylic acids is 2. The first kappa shape index (κ1) is 11.4. The van der Waals surface area contributed by atoms with Gasteiger partial charge in [-0.2, -0.15) is 0 Å². The zero-order valence-electron chi connectivity index (χ0n) is 8.83. The van der Waals surface area contributed by atoms with Crippen LogP contribution in [0.25, 0.3) is 0 Å². The minimum absolute atomic E-state index is 0.0693. The first-order valence-corrected chi connectivity index (χ1v) is 7.03. The van der Waals surface area contributed by atoms with Crippen LogP contribution in [0.5, 0.6) is 0 Å². The molecule has 0 aromatic rings. The third-order valence-corrected chi connectivity index (χ3v) is 4.84. The Labute approximate surface area is 94.1 Å². The van der Waals surface area contributed by atoms with Crippen LogP contribution < -0.4 is 0 Å². The zero-order valence-corrected chi connectivity index (χ0v) is 9.65. The van der Waals surface area contributed by atoms with E-state index in [9.17, 15) is 18.0 Å². The van der Waals surface area contributed by atoms with Crippen molar-refractivity contribution in [3.05, 3.63) is 0 Å². The highest BCUT2D eigenvalue weighted by molar-refractivity contribution is 7.91. The van der Waals surface area contributed by atoms with Crippen molar-refractivity contribution in [2.75, 3.05) is 31.1 Å². The van der Waals surface area contributed by atoms with Crippen molar-refractivity contribution in [3.63, 3.8) is 0 Å². The molecule has 0 bridgehead atoms. The van der Waals surface area contributed by atoms with E-state index in [4.69, 9.17) is 0 Å². The average molecular weight is 246 g/mol. The maximum absolute atomic E-state index is 11.7. The molecule has 2 rings (SSSR count). The molecule has 2 aliphatic rings. The fourth-order valence-electron chi connectivity index (χ4n) is 2.20. The van der Waals surface area contributed by atoms with Crippen LogP contribution in [0.3, 0.4) is 0 Å². The molecule has 0 aliphatic carbocycles. The molecule has 0 aromatic carbocycles. The molecule has 90 valence electrons. The monoisotopic (exact) mass is 246 g/mol. The summed E-state index contributed by atoms with van der Waals surface area (Å²) in [6.45, 7) is 1.00. The van der Waals surface area contributed by atoms with Gasteiger partial charge < -0.3 is 9.80 Å². The lowest BCUT2D eigenvalue weighted by Crippen LogP contribution is -2.53. The van der Waals surface area contributed by atoms with Crippen molar-refractivity contribution in [2.45, 2.75) is 12.5 Å². The van der Waals surface area contributed by atoms with E-state index in [0.29, 0.717) is 25.9 Å². The van der Waals surface area contributed by atoms with E-state index in [1.807, 2.05) is 0 Å². The topological polar surface area (TPSA) is 74.8 Å². The summed E-state index contributed by atoms with van der Waals surface area (Å²) in [5.41, 5.74) is 0. The molecular formula is C9H14N2O4S. The predicted molar refractivity (Wildman–Crippen MR) is 56.4 cm³/mol. The summed E-state index contributed by atoms with van der Waals surface area (Å²) in [5.74, 6) is 0.0824. The number of piperazine rings is 1. The molecule has 0 unspecified atom stereocenters. The van der Waals surface area contributed by atoms with E-state index in [-0.39, 0.29) is 30.0 Å². The lowest BCUT2D eigenvalue weighted by molar-refractivity contribution is -0.142. The Morgan fingerprint density at radius 3 is 2.56 bits per heavy atom. The van der Waals surface area contributed by atoms with Crippen molar-refractivity contribution >= 4 is 22.2 Å². The van der Waals surface area contributed by atoms with Gasteiger partial charge in [-0.1, -0.05) is 0 Å². The second-order valence-corrected chi connectivity index (χ2v) is 6.45. The van der Waals surface area contributed by atoms with Gasteiger partial charge in [0.25, 0.3) is 0 Å². The van der Waals surface area contributed by atoms with Crippen LogP contribution in [-0.2, 0) is 19.4 Å². The van der Waals surface area contributed by atoms with Gasteiger partial charge in [-0.3, -0.25) is 9.59 Å². The molecule has 2 heterocycles. The molecule has 6 nitrogen and oxygen atoms in total. The summed E-state index contributed by atoms with van der Waals surface area (Å²) in [7, 11) is -2.96. The Balaban J connectivity index is 2.02. The van der Waals surface area contributed by atoms with Gasteiger partial charge in [0.05, 0.1) is 18.1 Å². The highest BCUT2D eigenvalue weighted by atomic mass is 32.2. The van der Waals surface area contributed by atoms with E-state index in [2.05, 4.69) is 0 Å². The summed E-state index contributed by atoms with van der Waals surface area (Å²) in [4.78, 5) is 25.2. The fraction of sp³-hybridized carbons (Fsp3) is 0.778. The van der Waals surface area contributed by atoms with Gasteiger partial charge in [0.2, 0.25) is 12.3 Å². The molecule has 7 heteroatoms. The number of carbonyl (C=O) groups is 2. The van der Waals surface area contributed by atoms with Gasteiger partial charge in [0, 0.05) is 19.1 Å². The molecule has 1 atom stereocenters. The Bertz CT molecular complexity index is 406.